The second-order valence-corrected chi connectivity index (χ2v) is 8.22. The Labute approximate surface area is 176 Å². The van der Waals surface area contributed by atoms with E-state index in [1.165, 1.54) is 11.0 Å². The molecule has 156 valence electrons. The molecule has 2 aromatic rings. The molecule has 9 heteroatoms. The van der Waals surface area contributed by atoms with Crippen LogP contribution in [-0.4, -0.2) is 23.0 Å². The van der Waals surface area contributed by atoms with E-state index < -0.39 is 41.0 Å². The van der Waals surface area contributed by atoms with Crippen molar-refractivity contribution in [2.45, 2.75) is 44.8 Å². The number of alkyl halides is 3. The van der Waals surface area contributed by atoms with E-state index in [9.17, 15) is 13.2 Å². The van der Waals surface area contributed by atoms with Crippen molar-refractivity contribution in [3.8, 4) is 6.07 Å². The maximum Gasteiger partial charge on any atom is 0.420 e. The van der Waals surface area contributed by atoms with Crippen LogP contribution in [0.4, 0.5) is 28.9 Å². The van der Waals surface area contributed by atoms with Gasteiger partial charge in [-0.15, -0.1) is 0 Å². The summed E-state index contributed by atoms with van der Waals surface area (Å²) in [6.45, 7) is 5.76. The van der Waals surface area contributed by atoms with E-state index in [1.807, 2.05) is 45.0 Å². The zero-order valence-electron chi connectivity index (χ0n) is 16.3. The van der Waals surface area contributed by atoms with Gasteiger partial charge in [0.25, 0.3) is 0 Å². The first-order valence-electron chi connectivity index (χ1n) is 9.14. The lowest BCUT2D eigenvalue weighted by molar-refractivity contribution is -0.140. The summed E-state index contributed by atoms with van der Waals surface area (Å²) in [5.74, 6) is -1.54. The number of aryl methyl sites for hydroxylation is 1. The number of fused-ring (bicyclic) bond motifs is 1. The van der Waals surface area contributed by atoms with Crippen molar-refractivity contribution in [3.63, 3.8) is 0 Å². The van der Waals surface area contributed by atoms with Gasteiger partial charge < -0.3 is 9.64 Å². The second kappa shape index (κ2) is 6.65. The summed E-state index contributed by atoms with van der Waals surface area (Å²) in [6.07, 6.45) is -6.10. The number of nitrogens with zero attached hydrogens (tertiary/aromatic N) is 3. The van der Waals surface area contributed by atoms with E-state index in [2.05, 4.69) is 0 Å². The summed E-state index contributed by atoms with van der Waals surface area (Å²) in [6, 6.07) is 11.0. The molecule has 0 aromatic heterocycles. The van der Waals surface area contributed by atoms with Crippen molar-refractivity contribution in [2.24, 2.45) is 0 Å². The molecule has 2 aliphatic rings. The molecule has 4 nitrogen and oxygen atoms in total. The molecule has 4 rings (SSSR count). The fourth-order valence-electron chi connectivity index (χ4n) is 3.91. The number of halogens is 4. The van der Waals surface area contributed by atoms with Gasteiger partial charge in [-0.25, -0.2) is 4.39 Å². The van der Waals surface area contributed by atoms with Crippen LogP contribution in [0.15, 0.2) is 36.4 Å². The highest BCUT2D eigenvalue weighted by molar-refractivity contribution is 7.80. The Morgan fingerprint density at radius 2 is 1.77 bits per heavy atom. The van der Waals surface area contributed by atoms with E-state index in [4.69, 9.17) is 22.2 Å². The maximum atomic E-state index is 15.1. The smallest absolute Gasteiger partial charge is 0.345 e. The van der Waals surface area contributed by atoms with Crippen LogP contribution in [-0.2, 0) is 10.9 Å². The Morgan fingerprint density at radius 3 is 2.33 bits per heavy atom. The summed E-state index contributed by atoms with van der Waals surface area (Å²) >= 11 is 5.61. The topological polar surface area (TPSA) is 42.8 Å². The first-order chi connectivity index (χ1) is 14.0. The molecule has 2 saturated heterocycles. The number of epoxide rings is 1. The standard InChI is InChI=1S/C21H17F4N3OS/c1-11-4-7-13(8-5-11)28-19(30)27(18-17(29-18)20(28,2)3)14-9-6-12(10-26)15(16(14)22)21(23,24)25/h4-9,17-18H,1-3H3. The average Bonchev–Trinajstić information content (AvgIpc) is 3.44. The lowest BCUT2D eigenvalue weighted by atomic mass is 9.93. The van der Waals surface area contributed by atoms with E-state index in [0.717, 1.165) is 23.4 Å². The van der Waals surface area contributed by atoms with Crippen molar-refractivity contribution in [1.29, 1.82) is 5.26 Å². The first-order valence-corrected chi connectivity index (χ1v) is 9.54. The number of benzene rings is 2. The summed E-state index contributed by atoms with van der Waals surface area (Å²) in [5, 5.41) is 9.14. The van der Waals surface area contributed by atoms with Crippen LogP contribution in [0.25, 0.3) is 0 Å². The fraction of sp³-hybridized carbons (Fsp3) is 0.333. The summed E-state index contributed by atoms with van der Waals surface area (Å²) in [4.78, 5) is 3.03. The van der Waals surface area contributed by atoms with Gasteiger partial charge in [0.05, 0.1) is 22.9 Å². The average molecular weight is 435 g/mol. The molecule has 2 atom stereocenters. The third-order valence-electron chi connectivity index (χ3n) is 5.47. The van der Waals surface area contributed by atoms with Gasteiger partial charge in [-0.3, -0.25) is 4.90 Å². The third-order valence-corrected chi connectivity index (χ3v) is 5.85. The van der Waals surface area contributed by atoms with Crippen LogP contribution in [0.2, 0.25) is 0 Å². The van der Waals surface area contributed by atoms with Crippen LogP contribution >= 0.6 is 12.2 Å². The largest absolute Gasteiger partial charge is 0.420 e. The van der Waals surface area contributed by atoms with Gasteiger partial charge in [0.1, 0.15) is 11.7 Å². The zero-order chi connectivity index (χ0) is 22.0. The van der Waals surface area contributed by atoms with E-state index in [1.54, 1.807) is 4.90 Å². The summed E-state index contributed by atoms with van der Waals surface area (Å²) in [5.41, 5.74) is -1.59. The minimum absolute atomic E-state index is 0.124. The molecule has 0 N–H and O–H groups in total. The normalized spacial score (nSPS) is 22.5. The number of anilines is 2. The van der Waals surface area contributed by atoms with Crippen molar-refractivity contribution in [2.75, 3.05) is 9.80 Å². The molecule has 0 aliphatic carbocycles. The van der Waals surface area contributed by atoms with Crippen molar-refractivity contribution < 1.29 is 22.3 Å². The van der Waals surface area contributed by atoms with Gasteiger partial charge in [-0.1, -0.05) is 17.7 Å². The monoisotopic (exact) mass is 435 g/mol. The highest BCUT2D eigenvalue weighted by Crippen LogP contribution is 2.49. The van der Waals surface area contributed by atoms with Crippen LogP contribution in [0, 0.1) is 24.1 Å². The zero-order valence-corrected chi connectivity index (χ0v) is 17.1. The van der Waals surface area contributed by atoms with Gasteiger partial charge >= 0.3 is 6.18 Å². The molecule has 0 radical (unpaired) electrons. The van der Waals surface area contributed by atoms with Gasteiger partial charge in [-0.2, -0.15) is 18.4 Å². The molecule has 0 saturated carbocycles. The quantitative estimate of drug-likeness (QED) is 0.371. The van der Waals surface area contributed by atoms with Crippen LogP contribution in [0.1, 0.15) is 30.5 Å². The Morgan fingerprint density at radius 1 is 1.13 bits per heavy atom. The molecule has 30 heavy (non-hydrogen) atoms. The molecule has 0 amide bonds. The highest BCUT2D eigenvalue weighted by atomic mass is 32.1. The lowest BCUT2D eigenvalue weighted by Gasteiger charge is -2.46. The number of hydrogen-bond donors (Lipinski definition) is 0. The molecule has 0 spiro atoms. The number of rotatable bonds is 2. The second-order valence-electron chi connectivity index (χ2n) is 7.86. The molecule has 0 bridgehead atoms. The van der Waals surface area contributed by atoms with Crippen molar-refractivity contribution in [3.05, 3.63) is 58.9 Å². The molecular formula is C21H17F4N3OS. The molecule has 2 aliphatic heterocycles. The van der Waals surface area contributed by atoms with Gasteiger partial charge in [-0.05, 0) is 57.3 Å². The number of thiocarbonyl (C=S) groups is 1. The van der Waals surface area contributed by atoms with Gasteiger partial charge in [0, 0.05) is 5.69 Å². The van der Waals surface area contributed by atoms with Crippen molar-refractivity contribution >= 4 is 28.7 Å². The highest BCUT2D eigenvalue weighted by Gasteiger charge is 2.62. The minimum Gasteiger partial charge on any atom is -0.345 e. The van der Waals surface area contributed by atoms with Crippen LogP contribution in [0.3, 0.4) is 0 Å². The van der Waals surface area contributed by atoms with Crippen molar-refractivity contribution in [1.82, 2.24) is 0 Å². The number of ether oxygens (including phenoxy) is 1. The predicted octanol–water partition coefficient (Wildman–Crippen LogP) is 5.14. The van der Waals surface area contributed by atoms with Crippen LogP contribution in [0.5, 0.6) is 0 Å². The van der Waals surface area contributed by atoms with E-state index >= 15 is 4.39 Å². The van der Waals surface area contributed by atoms with Gasteiger partial charge in [0.2, 0.25) is 0 Å². The minimum atomic E-state index is -5.03. The predicted molar refractivity (Wildman–Crippen MR) is 108 cm³/mol. The molecule has 2 aromatic carbocycles. The molecular weight excluding hydrogens is 418 g/mol. The summed E-state index contributed by atoms with van der Waals surface area (Å²) in [7, 11) is 0. The lowest BCUT2D eigenvalue weighted by Crippen LogP contribution is -2.62. The maximum absolute atomic E-state index is 15.1. The first kappa shape index (κ1) is 20.6. The van der Waals surface area contributed by atoms with E-state index in [-0.39, 0.29) is 10.8 Å². The number of nitriles is 1. The number of hydrogen-bond acceptors (Lipinski definition) is 3. The Balaban J connectivity index is 1.84. The van der Waals surface area contributed by atoms with Crippen LogP contribution < -0.4 is 9.80 Å². The van der Waals surface area contributed by atoms with Gasteiger partial charge in [0.15, 0.2) is 17.2 Å². The Bertz CT molecular complexity index is 1080. The SMILES string of the molecule is Cc1ccc(N2C(=S)N(c3ccc(C#N)c(C(F)(F)F)c3F)C3OC3C2(C)C)cc1. The Kier molecular flexibility index (Phi) is 4.56. The third kappa shape index (κ3) is 3.02. The molecule has 2 fully saturated rings. The Hall–Kier alpha value is -2.70. The fourth-order valence-corrected chi connectivity index (χ4v) is 4.45. The molecule has 2 heterocycles. The molecule has 2 unspecified atom stereocenters. The van der Waals surface area contributed by atoms with E-state index in [0.29, 0.717) is 0 Å². The summed E-state index contributed by atoms with van der Waals surface area (Å²) < 4.78 is 61.2.